The molecular formula is C11H19N5O3. The van der Waals surface area contributed by atoms with Gasteiger partial charge in [0.05, 0.1) is 12.7 Å². The van der Waals surface area contributed by atoms with Crippen LogP contribution in [0.4, 0.5) is 11.6 Å². The van der Waals surface area contributed by atoms with Crippen molar-refractivity contribution in [3.63, 3.8) is 0 Å². The average Bonchev–Trinajstić information content (AvgIpc) is 2.67. The minimum absolute atomic E-state index is 0.0357. The average molecular weight is 269 g/mol. The van der Waals surface area contributed by atoms with E-state index in [1.54, 1.807) is 18.5 Å². The van der Waals surface area contributed by atoms with E-state index >= 15 is 0 Å². The maximum absolute atomic E-state index is 11.0. The van der Waals surface area contributed by atoms with Crippen LogP contribution in [0.2, 0.25) is 0 Å². The van der Waals surface area contributed by atoms with Crippen LogP contribution in [0.15, 0.2) is 0 Å². The molecule has 1 aromatic heterocycles. The summed E-state index contributed by atoms with van der Waals surface area (Å²) in [5, 5.41) is 14.3. The number of hydrogen-bond acceptors (Lipinski definition) is 6. The zero-order chi connectivity index (χ0) is 14.0. The molecule has 106 valence electrons. The molecule has 0 aromatic carbocycles. The molecule has 1 aliphatic heterocycles. The van der Waals surface area contributed by atoms with Gasteiger partial charge in [-0.3, -0.25) is 4.57 Å². The molecule has 0 aliphatic carbocycles. The SMILES string of the molecule is Cc1nc([N+](=O)[O-])c(N(C)CC2CNCCO2)n1C. The molecule has 1 atom stereocenters. The third-order valence-corrected chi connectivity index (χ3v) is 3.29. The molecule has 8 heteroatoms. The fraction of sp³-hybridized carbons (Fsp3) is 0.727. The molecule has 2 heterocycles. The van der Waals surface area contributed by atoms with Crippen molar-refractivity contribution in [2.45, 2.75) is 13.0 Å². The van der Waals surface area contributed by atoms with Crippen molar-refractivity contribution in [3.05, 3.63) is 15.9 Å². The van der Waals surface area contributed by atoms with Gasteiger partial charge in [-0.15, -0.1) is 0 Å². The Morgan fingerprint density at radius 3 is 3.00 bits per heavy atom. The van der Waals surface area contributed by atoms with Crippen molar-refractivity contribution in [3.8, 4) is 0 Å². The van der Waals surface area contributed by atoms with Gasteiger partial charge in [-0.25, -0.2) is 0 Å². The summed E-state index contributed by atoms with van der Waals surface area (Å²) in [6.45, 7) is 4.63. The Balaban J connectivity index is 2.17. The Hall–Kier alpha value is -1.67. The first-order chi connectivity index (χ1) is 9.00. The first-order valence-electron chi connectivity index (χ1n) is 6.22. The fourth-order valence-corrected chi connectivity index (χ4v) is 2.26. The number of nitrogens with zero attached hydrogens (tertiary/aromatic N) is 4. The normalized spacial score (nSPS) is 19.4. The molecule has 0 saturated carbocycles. The second kappa shape index (κ2) is 5.54. The van der Waals surface area contributed by atoms with Crippen LogP contribution >= 0.6 is 0 Å². The Labute approximate surface area is 111 Å². The number of ether oxygens (including phenoxy) is 1. The zero-order valence-corrected chi connectivity index (χ0v) is 11.4. The van der Waals surface area contributed by atoms with Crippen molar-refractivity contribution in [1.82, 2.24) is 14.9 Å². The van der Waals surface area contributed by atoms with Crippen LogP contribution < -0.4 is 10.2 Å². The van der Waals surface area contributed by atoms with Crippen LogP contribution in [-0.4, -0.2) is 53.9 Å². The predicted molar refractivity (Wildman–Crippen MR) is 70.5 cm³/mol. The largest absolute Gasteiger partial charge is 0.406 e. The van der Waals surface area contributed by atoms with Gasteiger partial charge in [-0.05, 0) is 9.91 Å². The van der Waals surface area contributed by atoms with Crippen LogP contribution in [0.3, 0.4) is 0 Å². The van der Waals surface area contributed by atoms with E-state index in [1.807, 2.05) is 11.9 Å². The molecule has 0 radical (unpaired) electrons. The predicted octanol–water partition coefficient (Wildman–Crippen LogP) is 0.0613. The molecule has 1 aliphatic rings. The van der Waals surface area contributed by atoms with E-state index in [-0.39, 0.29) is 11.9 Å². The van der Waals surface area contributed by atoms with Crippen LogP contribution in [0.5, 0.6) is 0 Å². The van der Waals surface area contributed by atoms with Gasteiger partial charge in [-0.2, -0.15) is 0 Å². The van der Waals surface area contributed by atoms with Crippen molar-refractivity contribution in [2.24, 2.45) is 7.05 Å². The van der Waals surface area contributed by atoms with Gasteiger partial charge in [0.1, 0.15) is 0 Å². The Bertz CT molecular complexity index is 467. The van der Waals surface area contributed by atoms with E-state index in [4.69, 9.17) is 4.74 Å². The number of nitrogens with one attached hydrogen (secondary N) is 1. The number of imidazole rings is 1. The summed E-state index contributed by atoms with van der Waals surface area (Å²) in [4.78, 5) is 16.4. The number of hydrogen-bond donors (Lipinski definition) is 1. The van der Waals surface area contributed by atoms with Crippen molar-refractivity contribution >= 4 is 11.6 Å². The lowest BCUT2D eigenvalue weighted by atomic mass is 10.3. The first-order valence-corrected chi connectivity index (χ1v) is 6.22. The molecule has 0 spiro atoms. The van der Waals surface area contributed by atoms with Gasteiger partial charge in [-0.1, -0.05) is 0 Å². The number of anilines is 1. The van der Waals surface area contributed by atoms with Crippen molar-refractivity contribution in [2.75, 3.05) is 38.2 Å². The molecule has 1 unspecified atom stereocenters. The highest BCUT2D eigenvalue weighted by molar-refractivity contribution is 5.55. The Morgan fingerprint density at radius 2 is 2.42 bits per heavy atom. The summed E-state index contributed by atoms with van der Waals surface area (Å²) < 4.78 is 7.34. The van der Waals surface area contributed by atoms with Crippen LogP contribution in [0.25, 0.3) is 0 Å². The smallest absolute Gasteiger partial charge is 0.374 e. The zero-order valence-electron chi connectivity index (χ0n) is 11.4. The maximum Gasteiger partial charge on any atom is 0.406 e. The summed E-state index contributed by atoms with van der Waals surface area (Å²) >= 11 is 0. The maximum atomic E-state index is 11.0. The lowest BCUT2D eigenvalue weighted by molar-refractivity contribution is -0.388. The minimum Gasteiger partial charge on any atom is -0.374 e. The highest BCUT2D eigenvalue weighted by Crippen LogP contribution is 2.27. The van der Waals surface area contributed by atoms with Crippen molar-refractivity contribution in [1.29, 1.82) is 0 Å². The van der Waals surface area contributed by atoms with Crippen molar-refractivity contribution < 1.29 is 9.66 Å². The third-order valence-electron chi connectivity index (χ3n) is 3.29. The monoisotopic (exact) mass is 269 g/mol. The number of rotatable bonds is 4. The first kappa shape index (κ1) is 13.8. The second-order valence-electron chi connectivity index (χ2n) is 4.70. The number of aryl methyl sites for hydroxylation is 1. The van der Waals surface area contributed by atoms with Crippen LogP contribution in [-0.2, 0) is 11.8 Å². The number of morpholine rings is 1. The molecule has 1 aromatic rings. The summed E-state index contributed by atoms with van der Waals surface area (Å²) in [6.07, 6.45) is 0.0357. The second-order valence-corrected chi connectivity index (χ2v) is 4.70. The molecular weight excluding hydrogens is 250 g/mol. The summed E-state index contributed by atoms with van der Waals surface area (Å²) in [6, 6.07) is 0. The summed E-state index contributed by atoms with van der Waals surface area (Å²) in [7, 11) is 3.60. The van der Waals surface area contributed by atoms with Gasteiger partial charge < -0.3 is 25.1 Å². The van der Waals surface area contributed by atoms with Gasteiger partial charge in [0, 0.05) is 40.7 Å². The highest BCUT2D eigenvalue weighted by Gasteiger charge is 2.28. The fourth-order valence-electron chi connectivity index (χ4n) is 2.26. The van der Waals surface area contributed by atoms with E-state index in [0.717, 1.165) is 13.1 Å². The van der Waals surface area contributed by atoms with Gasteiger partial charge >= 0.3 is 5.82 Å². The lowest BCUT2D eigenvalue weighted by Gasteiger charge is -2.28. The Morgan fingerprint density at radius 1 is 1.68 bits per heavy atom. The molecule has 0 amide bonds. The third kappa shape index (κ3) is 2.85. The standard InChI is InChI=1S/C11H19N5O3/c1-8-13-10(16(17)18)11(15(8)3)14(2)7-9-6-12-4-5-19-9/h9,12H,4-7H2,1-3H3. The van der Waals surface area contributed by atoms with Crippen LogP contribution in [0.1, 0.15) is 5.82 Å². The molecule has 8 nitrogen and oxygen atoms in total. The van der Waals surface area contributed by atoms with E-state index in [0.29, 0.717) is 24.8 Å². The van der Waals surface area contributed by atoms with E-state index in [9.17, 15) is 10.1 Å². The molecule has 1 fully saturated rings. The summed E-state index contributed by atoms with van der Waals surface area (Å²) in [5.74, 6) is 1.03. The van der Waals surface area contributed by atoms with Gasteiger partial charge in [0.15, 0.2) is 0 Å². The van der Waals surface area contributed by atoms with E-state index < -0.39 is 4.92 Å². The summed E-state index contributed by atoms with van der Waals surface area (Å²) in [5.41, 5.74) is 0. The van der Waals surface area contributed by atoms with E-state index in [1.165, 1.54) is 0 Å². The molecule has 1 saturated heterocycles. The molecule has 2 rings (SSSR count). The van der Waals surface area contributed by atoms with Gasteiger partial charge in [0.25, 0.3) is 0 Å². The quantitative estimate of drug-likeness (QED) is 0.614. The van der Waals surface area contributed by atoms with Gasteiger partial charge in [0.2, 0.25) is 11.6 Å². The minimum atomic E-state index is -0.446. The highest BCUT2D eigenvalue weighted by atomic mass is 16.6. The number of aromatic nitrogens is 2. The number of likely N-dealkylation sites (N-methyl/N-ethyl adjacent to an activating group) is 1. The topological polar surface area (TPSA) is 85.5 Å². The van der Waals surface area contributed by atoms with Crippen LogP contribution in [0, 0.1) is 17.0 Å². The Kier molecular flexibility index (Phi) is 4.01. The molecule has 0 bridgehead atoms. The lowest BCUT2D eigenvalue weighted by Crippen LogP contribution is -2.44. The molecule has 19 heavy (non-hydrogen) atoms. The molecule has 1 N–H and O–H groups in total. The van der Waals surface area contributed by atoms with E-state index in [2.05, 4.69) is 10.3 Å². The number of nitro groups is 1.